The van der Waals surface area contributed by atoms with Crippen LogP contribution in [0.25, 0.3) is 0 Å². The molecule has 2 aliphatic rings. The Kier molecular flexibility index (Phi) is 4.55. The quantitative estimate of drug-likeness (QED) is 0.588. The molecule has 0 amide bonds. The maximum Gasteiger partial charge on any atom is 0.306 e. The monoisotopic (exact) mass is 369 g/mol. The van der Waals surface area contributed by atoms with Crippen LogP contribution in [0.2, 0.25) is 0 Å². The number of ether oxygens (including phenoxy) is 2. The molecule has 3 rings (SSSR count). The van der Waals surface area contributed by atoms with Crippen molar-refractivity contribution in [1.29, 1.82) is 0 Å². The van der Waals surface area contributed by atoms with E-state index in [2.05, 4.69) is 4.90 Å². The fraction of sp³-hybridized carbons (Fsp3) is 0.588. The van der Waals surface area contributed by atoms with Gasteiger partial charge >= 0.3 is 10.1 Å². The maximum absolute atomic E-state index is 12.3. The van der Waals surface area contributed by atoms with Gasteiger partial charge in [0.1, 0.15) is 5.75 Å². The van der Waals surface area contributed by atoms with Crippen LogP contribution >= 0.6 is 0 Å². The van der Waals surface area contributed by atoms with Gasteiger partial charge in [0.2, 0.25) is 0 Å². The van der Waals surface area contributed by atoms with E-state index >= 15 is 0 Å². The number of fused-ring (bicyclic) bond motifs is 1. The predicted octanol–water partition coefficient (Wildman–Crippen LogP) is 1.56. The normalized spacial score (nSPS) is 23.0. The number of hydrogen-bond acceptors (Lipinski definition) is 7. The van der Waals surface area contributed by atoms with E-state index in [1.807, 2.05) is 13.8 Å². The van der Waals surface area contributed by atoms with Gasteiger partial charge in [0, 0.05) is 24.1 Å². The van der Waals surface area contributed by atoms with E-state index in [0.717, 1.165) is 19.3 Å². The molecule has 0 N–H and O–H groups in total. The SMILES string of the molecule is CC(=O)c1c(OS(C)(=O)=O)ccc2c1C(C)(C)C(N1CCOCC1)O2. The highest BCUT2D eigenvalue weighted by atomic mass is 32.2. The summed E-state index contributed by atoms with van der Waals surface area (Å²) in [6.45, 7) is 8.14. The Morgan fingerprint density at radius 1 is 1.28 bits per heavy atom. The number of hydrogen-bond donors (Lipinski definition) is 0. The Balaban J connectivity index is 2.08. The average Bonchev–Trinajstić information content (AvgIpc) is 2.78. The third-order valence-electron chi connectivity index (χ3n) is 4.60. The van der Waals surface area contributed by atoms with E-state index in [-0.39, 0.29) is 23.3 Å². The highest BCUT2D eigenvalue weighted by Gasteiger charge is 2.48. The first-order chi connectivity index (χ1) is 11.6. The minimum Gasteiger partial charge on any atom is -0.474 e. The molecule has 1 saturated heterocycles. The lowest BCUT2D eigenvalue weighted by atomic mass is 9.79. The molecule has 0 radical (unpaired) electrons. The molecule has 0 saturated carbocycles. The Morgan fingerprint density at radius 3 is 2.48 bits per heavy atom. The molecule has 1 aromatic carbocycles. The first kappa shape index (κ1) is 18.2. The summed E-state index contributed by atoms with van der Waals surface area (Å²) >= 11 is 0. The highest BCUT2D eigenvalue weighted by molar-refractivity contribution is 7.86. The van der Waals surface area contributed by atoms with Crippen molar-refractivity contribution in [1.82, 2.24) is 4.90 Å². The maximum atomic E-state index is 12.3. The van der Waals surface area contributed by atoms with E-state index in [4.69, 9.17) is 13.7 Å². The minimum absolute atomic E-state index is 0.0491. The van der Waals surface area contributed by atoms with Crippen LogP contribution < -0.4 is 8.92 Å². The van der Waals surface area contributed by atoms with Gasteiger partial charge in [-0.3, -0.25) is 9.69 Å². The fourth-order valence-electron chi connectivity index (χ4n) is 3.62. The largest absolute Gasteiger partial charge is 0.474 e. The average molecular weight is 369 g/mol. The lowest BCUT2D eigenvalue weighted by molar-refractivity contribution is -0.0613. The van der Waals surface area contributed by atoms with Gasteiger partial charge in [0.15, 0.2) is 17.8 Å². The van der Waals surface area contributed by atoms with Crippen molar-refractivity contribution in [2.24, 2.45) is 0 Å². The van der Waals surface area contributed by atoms with Crippen molar-refractivity contribution in [3.8, 4) is 11.5 Å². The highest BCUT2D eigenvalue weighted by Crippen LogP contribution is 2.48. The molecule has 25 heavy (non-hydrogen) atoms. The number of ketones is 1. The second-order valence-electron chi connectivity index (χ2n) is 7.00. The molecule has 0 bridgehead atoms. The molecular formula is C17H23NO6S. The molecule has 0 aliphatic carbocycles. The summed E-state index contributed by atoms with van der Waals surface area (Å²) in [4.78, 5) is 14.5. The van der Waals surface area contributed by atoms with Crippen LogP contribution in [0.4, 0.5) is 0 Å². The summed E-state index contributed by atoms with van der Waals surface area (Å²) in [6, 6.07) is 3.15. The first-order valence-electron chi connectivity index (χ1n) is 8.17. The van der Waals surface area contributed by atoms with E-state index in [1.165, 1.54) is 13.0 Å². The molecule has 7 nitrogen and oxygen atoms in total. The standard InChI is InChI=1S/C17H23NO6S/c1-11(19)14-12(24-25(4,20)21)5-6-13-15(14)17(2,3)16(23-13)18-7-9-22-10-8-18/h5-6,16H,7-10H2,1-4H3. The van der Waals surface area contributed by atoms with Crippen LogP contribution in [0.3, 0.4) is 0 Å². The summed E-state index contributed by atoms with van der Waals surface area (Å²) in [7, 11) is -3.74. The van der Waals surface area contributed by atoms with Crippen LogP contribution in [-0.4, -0.2) is 57.9 Å². The third kappa shape index (κ3) is 3.38. The molecule has 0 spiro atoms. The molecule has 2 aliphatic heterocycles. The predicted molar refractivity (Wildman–Crippen MR) is 91.8 cm³/mol. The van der Waals surface area contributed by atoms with E-state index < -0.39 is 15.5 Å². The smallest absolute Gasteiger partial charge is 0.306 e. The molecule has 1 fully saturated rings. The van der Waals surface area contributed by atoms with E-state index in [1.54, 1.807) is 6.07 Å². The zero-order valence-corrected chi connectivity index (χ0v) is 15.7. The van der Waals surface area contributed by atoms with Gasteiger partial charge in [-0.2, -0.15) is 8.42 Å². The summed E-state index contributed by atoms with van der Waals surface area (Å²) in [5.74, 6) is 0.385. The Morgan fingerprint density at radius 2 is 1.92 bits per heavy atom. The number of morpholine rings is 1. The molecule has 1 atom stereocenters. The first-order valence-corrected chi connectivity index (χ1v) is 9.99. The molecule has 0 aromatic heterocycles. The van der Waals surface area contributed by atoms with Gasteiger partial charge in [-0.15, -0.1) is 0 Å². The zero-order chi connectivity index (χ0) is 18.4. The van der Waals surface area contributed by atoms with Crippen molar-refractivity contribution >= 4 is 15.9 Å². The summed E-state index contributed by atoms with van der Waals surface area (Å²) < 4.78 is 39.7. The van der Waals surface area contributed by atoms with Gasteiger partial charge in [-0.05, 0) is 19.1 Å². The zero-order valence-electron chi connectivity index (χ0n) is 14.9. The number of benzene rings is 1. The number of rotatable bonds is 4. The van der Waals surface area contributed by atoms with Crippen molar-refractivity contribution in [3.05, 3.63) is 23.3 Å². The van der Waals surface area contributed by atoms with Crippen LogP contribution in [0.1, 0.15) is 36.7 Å². The molecule has 138 valence electrons. The lowest BCUT2D eigenvalue weighted by Crippen LogP contribution is -2.52. The van der Waals surface area contributed by atoms with Gasteiger partial charge in [0.25, 0.3) is 0 Å². The van der Waals surface area contributed by atoms with Crippen LogP contribution in [0.15, 0.2) is 12.1 Å². The van der Waals surface area contributed by atoms with E-state index in [9.17, 15) is 13.2 Å². The summed E-state index contributed by atoms with van der Waals surface area (Å²) in [6.07, 6.45) is 0.709. The molecular weight excluding hydrogens is 346 g/mol. The third-order valence-corrected chi connectivity index (χ3v) is 5.08. The molecule has 1 unspecified atom stereocenters. The van der Waals surface area contributed by atoms with Crippen LogP contribution in [0, 0.1) is 0 Å². The number of carbonyl (C=O) groups is 1. The van der Waals surface area contributed by atoms with Crippen molar-refractivity contribution in [2.75, 3.05) is 32.6 Å². The number of Topliss-reactive ketones (excluding diaryl/α,β-unsaturated/α-hetero) is 1. The van der Waals surface area contributed by atoms with Crippen molar-refractivity contribution < 1.29 is 26.9 Å². The lowest BCUT2D eigenvalue weighted by Gasteiger charge is -2.38. The van der Waals surface area contributed by atoms with Gasteiger partial charge in [0.05, 0.1) is 25.0 Å². The van der Waals surface area contributed by atoms with Gasteiger partial charge in [-0.1, -0.05) is 13.8 Å². The fourth-order valence-corrected chi connectivity index (χ4v) is 4.08. The number of nitrogens with zero attached hydrogens (tertiary/aromatic N) is 1. The van der Waals surface area contributed by atoms with Gasteiger partial charge < -0.3 is 13.7 Å². The summed E-state index contributed by atoms with van der Waals surface area (Å²) in [5.41, 5.74) is 0.450. The molecule has 8 heteroatoms. The minimum atomic E-state index is -3.74. The Bertz CT molecular complexity index is 796. The van der Waals surface area contributed by atoms with Crippen molar-refractivity contribution in [3.63, 3.8) is 0 Å². The topological polar surface area (TPSA) is 82.1 Å². The van der Waals surface area contributed by atoms with Crippen molar-refractivity contribution in [2.45, 2.75) is 32.4 Å². The summed E-state index contributed by atoms with van der Waals surface area (Å²) in [5, 5.41) is 0. The Hall–Kier alpha value is -1.64. The second-order valence-corrected chi connectivity index (χ2v) is 8.57. The molecule has 1 aromatic rings. The van der Waals surface area contributed by atoms with E-state index in [0.29, 0.717) is 24.5 Å². The van der Waals surface area contributed by atoms with Crippen LogP contribution in [0.5, 0.6) is 11.5 Å². The van der Waals surface area contributed by atoms with Crippen LogP contribution in [-0.2, 0) is 20.3 Å². The second kappa shape index (κ2) is 6.26. The Labute approximate surface area is 148 Å². The molecule has 2 heterocycles. The van der Waals surface area contributed by atoms with Gasteiger partial charge in [-0.25, -0.2) is 0 Å². The number of carbonyl (C=O) groups excluding carboxylic acids is 1.